The van der Waals surface area contributed by atoms with Crippen molar-refractivity contribution in [2.24, 2.45) is 7.05 Å². The first-order valence-electron chi connectivity index (χ1n) is 10.00. The maximum atomic E-state index is 11.6. The number of carbonyl (C=O) groups excluding carboxylic acids is 1. The molecule has 0 saturated carbocycles. The van der Waals surface area contributed by atoms with Crippen LogP contribution in [0.5, 0.6) is 0 Å². The molecule has 0 bridgehead atoms. The van der Waals surface area contributed by atoms with E-state index in [0.29, 0.717) is 24.7 Å². The number of Topliss-reactive ketones (excluding diaryl/α,β-unsaturated/α-hetero) is 1. The Labute approximate surface area is 189 Å². The predicted molar refractivity (Wildman–Crippen MR) is 127 cm³/mol. The molecule has 0 unspecified atom stereocenters. The molecule has 2 heterocycles. The number of rotatable bonds is 8. The van der Waals surface area contributed by atoms with E-state index in [4.69, 9.17) is 0 Å². The van der Waals surface area contributed by atoms with Gasteiger partial charge < -0.3 is 15.2 Å². The lowest BCUT2D eigenvalue weighted by Crippen LogP contribution is -2.09. The molecule has 0 radical (unpaired) electrons. The first-order chi connectivity index (χ1) is 15.0. The summed E-state index contributed by atoms with van der Waals surface area (Å²) in [6, 6.07) is 12.0. The van der Waals surface area contributed by atoms with Crippen LogP contribution in [0.3, 0.4) is 0 Å². The Morgan fingerprint density at radius 1 is 1.13 bits per heavy atom. The summed E-state index contributed by atoms with van der Waals surface area (Å²) in [5.74, 6) is 1.35. The molecule has 0 aliphatic rings. The molecular weight excluding hydrogens is 456 g/mol. The molecule has 0 aliphatic heterocycles. The van der Waals surface area contributed by atoms with Crippen LogP contribution in [-0.2, 0) is 24.7 Å². The van der Waals surface area contributed by atoms with Crippen molar-refractivity contribution in [2.45, 2.75) is 19.8 Å². The highest BCUT2D eigenvalue weighted by atomic mass is 79.9. The summed E-state index contributed by atoms with van der Waals surface area (Å²) < 4.78 is 2.73. The maximum absolute atomic E-state index is 11.6. The summed E-state index contributed by atoms with van der Waals surface area (Å²) in [6.07, 6.45) is 6.74. The molecule has 2 N–H and O–H groups in total. The number of imidazole rings is 1. The van der Waals surface area contributed by atoms with E-state index in [1.54, 1.807) is 19.4 Å². The van der Waals surface area contributed by atoms with E-state index >= 15 is 0 Å². The SMILES string of the molecule is CC(=O)Cc1ccc(Nc2ncc(Br)c(NCCc3cn(C)cn3)n2)c2ccccc12. The van der Waals surface area contributed by atoms with Gasteiger partial charge in [0, 0.05) is 49.9 Å². The molecule has 4 aromatic rings. The quantitative estimate of drug-likeness (QED) is 0.383. The Morgan fingerprint density at radius 2 is 1.94 bits per heavy atom. The van der Waals surface area contributed by atoms with E-state index in [9.17, 15) is 4.79 Å². The van der Waals surface area contributed by atoms with E-state index in [2.05, 4.69) is 41.5 Å². The van der Waals surface area contributed by atoms with Crippen molar-refractivity contribution < 1.29 is 4.79 Å². The molecule has 0 spiro atoms. The smallest absolute Gasteiger partial charge is 0.229 e. The summed E-state index contributed by atoms with van der Waals surface area (Å²) in [7, 11) is 1.96. The van der Waals surface area contributed by atoms with E-state index in [1.165, 1.54) is 0 Å². The van der Waals surface area contributed by atoms with Gasteiger partial charge in [0.05, 0.1) is 16.5 Å². The molecule has 31 heavy (non-hydrogen) atoms. The van der Waals surface area contributed by atoms with Crippen LogP contribution in [0.1, 0.15) is 18.2 Å². The van der Waals surface area contributed by atoms with Crippen molar-refractivity contribution in [2.75, 3.05) is 17.2 Å². The summed E-state index contributed by atoms with van der Waals surface area (Å²) in [6.45, 7) is 2.31. The topological polar surface area (TPSA) is 84.7 Å². The highest BCUT2D eigenvalue weighted by Gasteiger charge is 2.10. The third-order valence-electron chi connectivity index (χ3n) is 4.88. The molecule has 2 aromatic carbocycles. The lowest BCUT2D eigenvalue weighted by Gasteiger charge is -2.13. The molecule has 0 fully saturated rings. The van der Waals surface area contributed by atoms with Crippen molar-refractivity contribution in [1.82, 2.24) is 19.5 Å². The number of benzene rings is 2. The minimum Gasteiger partial charge on any atom is -0.369 e. The first kappa shape index (κ1) is 21.0. The van der Waals surface area contributed by atoms with E-state index in [0.717, 1.165) is 38.6 Å². The summed E-state index contributed by atoms with van der Waals surface area (Å²) in [5, 5.41) is 8.74. The number of halogens is 1. The Bertz CT molecular complexity index is 1240. The zero-order valence-electron chi connectivity index (χ0n) is 17.4. The minimum absolute atomic E-state index is 0.142. The number of ketones is 1. The van der Waals surface area contributed by atoms with Crippen molar-refractivity contribution in [3.8, 4) is 0 Å². The van der Waals surface area contributed by atoms with Crippen molar-refractivity contribution in [3.63, 3.8) is 0 Å². The average molecular weight is 479 g/mol. The molecule has 2 aromatic heterocycles. The number of aromatic nitrogens is 4. The molecule has 4 rings (SSSR count). The van der Waals surface area contributed by atoms with Crippen molar-refractivity contribution in [3.05, 3.63) is 70.8 Å². The standard InChI is InChI=1S/C23H23BrN6O/c1-15(31)11-16-7-8-21(19-6-4-3-5-18(16)19)28-23-26-12-20(24)22(29-23)25-10-9-17-13-30(2)14-27-17/h3-8,12-14H,9-11H2,1-2H3,(H2,25,26,28,29). The number of hydrogen-bond acceptors (Lipinski definition) is 6. The van der Waals surface area contributed by atoms with Gasteiger partial charge in [0.15, 0.2) is 0 Å². The van der Waals surface area contributed by atoms with Crippen LogP contribution in [0.4, 0.5) is 17.5 Å². The zero-order valence-corrected chi connectivity index (χ0v) is 19.0. The number of anilines is 3. The number of aryl methyl sites for hydroxylation is 1. The number of nitrogens with one attached hydrogen (secondary N) is 2. The molecule has 8 heteroatoms. The van der Waals surface area contributed by atoms with Gasteiger partial charge in [-0.25, -0.2) is 9.97 Å². The van der Waals surface area contributed by atoms with Gasteiger partial charge in [-0.05, 0) is 39.9 Å². The van der Waals surface area contributed by atoms with E-state index in [1.807, 2.05) is 54.2 Å². The number of fused-ring (bicyclic) bond motifs is 1. The van der Waals surface area contributed by atoms with Crippen LogP contribution in [0.2, 0.25) is 0 Å². The summed E-state index contributed by atoms with van der Waals surface area (Å²) in [4.78, 5) is 25.0. The lowest BCUT2D eigenvalue weighted by molar-refractivity contribution is -0.116. The number of hydrogen-bond donors (Lipinski definition) is 2. The summed E-state index contributed by atoms with van der Waals surface area (Å²) >= 11 is 3.51. The number of carbonyl (C=O) groups is 1. The molecule has 0 aliphatic carbocycles. The van der Waals surface area contributed by atoms with Gasteiger partial charge >= 0.3 is 0 Å². The maximum Gasteiger partial charge on any atom is 0.229 e. The molecule has 0 saturated heterocycles. The molecule has 158 valence electrons. The summed E-state index contributed by atoms with van der Waals surface area (Å²) in [5.41, 5.74) is 2.93. The van der Waals surface area contributed by atoms with Gasteiger partial charge in [-0.15, -0.1) is 0 Å². The number of nitrogens with zero attached hydrogens (tertiary/aromatic N) is 4. The largest absolute Gasteiger partial charge is 0.369 e. The molecule has 0 atom stereocenters. The second-order valence-corrected chi connectivity index (χ2v) is 8.27. The van der Waals surface area contributed by atoms with Gasteiger partial charge in [0.2, 0.25) is 5.95 Å². The molecule has 0 amide bonds. The van der Waals surface area contributed by atoms with Crippen LogP contribution in [0.25, 0.3) is 10.8 Å². The Morgan fingerprint density at radius 3 is 2.68 bits per heavy atom. The zero-order chi connectivity index (χ0) is 21.8. The Balaban J connectivity index is 1.53. The fourth-order valence-electron chi connectivity index (χ4n) is 3.47. The van der Waals surface area contributed by atoms with E-state index < -0.39 is 0 Å². The Kier molecular flexibility index (Phi) is 6.27. The van der Waals surface area contributed by atoms with Gasteiger partial charge in [0.25, 0.3) is 0 Å². The second kappa shape index (κ2) is 9.26. The van der Waals surface area contributed by atoms with Crippen LogP contribution < -0.4 is 10.6 Å². The third kappa shape index (κ3) is 5.08. The van der Waals surface area contributed by atoms with E-state index in [-0.39, 0.29) is 5.78 Å². The van der Waals surface area contributed by atoms with Gasteiger partial charge in [-0.2, -0.15) is 4.98 Å². The second-order valence-electron chi connectivity index (χ2n) is 7.42. The minimum atomic E-state index is 0.142. The fraction of sp³-hybridized carbons (Fsp3) is 0.217. The lowest BCUT2D eigenvalue weighted by atomic mass is 9.99. The normalized spacial score (nSPS) is 10.9. The van der Waals surface area contributed by atoms with Crippen molar-refractivity contribution in [1.29, 1.82) is 0 Å². The van der Waals surface area contributed by atoms with Gasteiger partial charge in [-0.3, -0.25) is 4.79 Å². The monoisotopic (exact) mass is 478 g/mol. The predicted octanol–water partition coefficient (Wildman–Crippen LogP) is 4.66. The first-order valence-corrected chi connectivity index (χ1v) is 10.8. The molecular formula is C23H23BrN6O. The average Bonchev–Trinajstić information content (AvgIpc) is 3.17. The highest BCUT2D eigenvalue weighted by Crippen LogP contribution is 2.29. The van der Waals surface area contributed by atoms with Gasteiger partial charge in [-0.1, -0.05) is 30.3 Å². The van der Waals surface area contributed by atoms with Crippen LogP contribution in [0, 0.1) is 0 Å². The van der Waals surface area contributed by atoms with Crippen LogP contribution in [0.15, 0.2) is 59.6 Å². The van der Waals surface area contributed by atoms with Crippen LogP contribution in [-0.4, -0.2) is 31.8 Å². The highest BCUT2D eigenvalue weighted by molar-refractivity contribution is 9.10. The third-order valence-corrected chi connectivity index (χ3v) is 5.46. The Hall–Kier alpha value is -3.26. The van der Waals surface area contributed by atoms with Crippen LogP contribution >= 0.6 is 15.9 Å². The van der Waals surface area contributed by atoms with Gasteiger partial charge in [0.1, 0.15) is 11.6 Å². The molecule has 7 nitrogen and oxygen atoms in total. The fourth-order valence-corrected chi connectivity index (χ4v) is 3.80. The van der Waals surface area contributed by atoms with Crippen molar-refractivity contribution >= 4 is 49.9 Å².